The number of nitrogens with one attached hydrogen (secondary N) is 1. The Hall–Kier alpha value is -4.35. The van der Waals surface area contributed by atoms with Crippen molar-refractivity contribution >= 4 is 55.8 Å². The van der Waals surface area contributed by atoms with Gasteiger partial charge in [-0.15, -0.1) is 0 Å². The molecule has 2 aromatic heterocycles. The molecule has 1 aliphatic heterocycles. The SMILES string of the molecule is COc1ccc(C2=NN(c3nc4[nH]c5ccc(Cl)cc5c4c4ccccc34)C(c3ccccc3)C2)cc1. The van der Waals surface area contributed by atoms with Crippen molar-refractivity contribution < 1.29 is 4.74 Å². The lowest BCUT2D eigenvalue weighted by Gasteiger charge is -2.24. The number of nitrogens with zero attached hydrogens (tertiary/aromatic N) is 3. The van der Waals surface area contributed by atoms with Gasteiger partial charge in [0, 0.05) is 33.1 Å². The number of anilines is 1. The molecule has 0 saturated heterocycles. The molecule has 7 rings (SSSR count). The minimum absolute atomic E-state index is 0.0190. The summed E-state index contributed by atoms with van der Waals surface area (Å²) in [6.45, 7) is 0. The number of pyridine rings is 1. The third-order valence-corrected chi connectivity index (χ3v) is 7.37. The van der Waals surface area contributed by atoms with E-state index in [9.17, 15) is 0 Å². The molecule has 0 radical (unpaired) electrons. The molecule has 0 fully saturated rings. The van der Waals surface area contributed by atoms with Gasteiger partial charge in [-0.05, 0) is 59.0 Å². The number of fused-ring (bicyclic) bond motifs is 5. The van der Waals surface area contributed by atoms with Gasteiger partial charge >= 0.3 is 0 Å². The minimum Gasteiger partial charge on any atom is -0.497 e. The lowest BCUT2D eigenvalue weighted by atomic mass is 9.98. The molecule has 3 heterocycles. The average Bonchev–Trinajstić information content (AvgIpc) is 3.55. The number of hydrogen-bond acceptors (Lipinski definition) is 4. The minimum atomic E-state index is 0.0190. The Bertz CT molecular complexity index is 1810. The maximum atomic E-state index is 6.37. The maximum Gasteiger partial charge on any atom is 0.159 e. The molecule has 0 aliphatic carbocycles. The lowest BCUT2D eigenvalue weighted by molar-refractivity contribution is 0.415. The first-order chi connectivity index (χ1) is 18.2. The average molecular weight is 503 g/mol. The first kappa shape index (κ1) is 21.9. The van der Waals surface area contributed by atoms with Crippen molar-refractivity contribution in [1.29, 1.82) is 0 Å². The molecule has 1 N–H and O–H groups in total. The van der Waals surface area contributed by atoms with Crippen LogP contribution in [0.2, 0.25) is 5.02 Å². The zero-order chi connectivity index (χ0) is 24.9. The second-order valence-electron chi connectivity index (χ2n) is 9.27. The van der Waals surface area contributed by atoms with Crippen molar-refractivity contribution in [3.8, 4) is 5.75 Å². The third kappa shape index (κ3) is 3.62. The van der Waals surface area contributed by atoms with Crippen molar-refractivity contribution in [1.82, 2.24) is 9.97 Å². The molecule has 37 heavy (non-hydrogen) atoms. The number of aromatic amines is 1. The number of H-pyrrole nitrogens is 1. The van der Waals surface area contributed by atoms with Crippen LogP contribution in [-0.2, 0) is 0 Å². The zero-order valence-corrected chi connectivity index (χ0v) is 20.9. The molecule has 0 bridgehead atoms. The number of benzene rings is 4. The molecule has 6 heteroatoms. The van der Waals surface area contributed by atoms with Crippen LogP contribution in [0, 0.1) is 0 Å². The van der Waals surface area contributed by atoms with Crippen LogP contribution >= 0.6 is 11.6 Å². The first-order valence-corrected chi connectivity index (χ1v) is 12.6. The predicted octanol–water partition coefficient (Wildman–Crippen LogP) is 7.89. The van der Waals surface area contributed by atoms with Crippen molar-refractivity contribution in [3.05, 3.63) is 113 Å². The normalized spacial score (nSPS) is 15.6. The molecule has 4 aromatic carbocycles. The van der Waals surface area contributed by atoms with Crippen LogP contribution in [0.4, 0.5) is 5.82 Å². The van der Waals surface area contributed by atoms with Crippen LogP contribution in [0.1, 0.15) is 23.6 Å². The smallest absolute Gasteiger partial charge is 0.159 e. The highest BCUT2D eigenvalue weighted by molar-refractivity contribution is 6.32. The van der Waals surface area contributed by atoms with Crippen LogP contribution in [0.3, 0.4) is 0 Å². The van der Waals surface area contributed by atoms with E-state index in [4.69, 9.17) is 26.4 Å². The van der Waals surface area contributed by atoms with Gasteiger partial charge in [0.2, 0.25) is 0 Å². The quantitative estimate of drug-likeness (QED) is 0.266. The summed E-state index contributed by atoms with van der Waals surface area (Å²) in [5, 5.41) is 12.3. The molecular weight excluding hydrogens is 480 g/mol. The fourth-order valence-electron chi connectivity index (χ4n) is 5.34. The van der Waals surface area contributed by atoms with E-state index in [1.165, 1.54) is 5.56 Å². The van der Waals surface area contributed by atoms with E-state index in [0.29, 0.717) is 5.02 Å². The van der Waals surface area contributed by atoms with Gasteiger partial charge in [-0.2, -0.15) is 5.10 Å². The van der Waals surface area contributed by atoms with Crippen molar-refractivity contribution in [2.45, 2.75) is 12.5 Å². The largest absolute Gasteiger partial charge is 0.497 e. The van der Waals surface area contributed by atoms with Crippen LogP contribution < -0.4 is 9.75 Å². The van der Waals surface area contributed by atoms with Crippen LogP contribution in [0.5, 0.6) is 5.75 Å². The maximum absolute atomic E-state index is 6.37. The summed E-state index contributed by atoms with van der Waals surface area (Å²) < 4.78 is 5.36. The number of methoxy groups -OCH3 is 1. The molecule has 1 unspecified atom stereocenters. The fourth-order valence-corrected chi connectivity index (χ4v) is 5.51. The number of rotatable bonds is 4. The van der Waals surface area contributed by atoms with Gasteiger partial charge in [-0.25, -0.2) is 9.99 Å². The highest BCUT2D eigenvalue weighted by atomic mass is 35.5. The lowest BCUT2D eigenvalue weighted by Crippen LogP contribution is -2.20. The number of hydrogen-bond donors (Lipinski definition) is 1. The first-order valence-electron chi connectivity index (χ1n) is 12.3. The van der Waals surface area contributed by atoms with Gasteiger partial charge < -0.3 is 9.72 Å². The summed E-state index contributed by atoms with van der Waals surface area (Å²) in [5.74, 6) is 1.66. The summed E-state index contributed by atoms with van der Waals surface area (Å²) in [7, 11) is 1.68. The zero-order valence-electron chi connectivity index (χ0n) is 20.1. The van der Waals surface area contributed by atoms with Crippen molar-refractivity contribution in [2.75, 3.05) is 12.1 Å². The number of halogens is 1. The summed E-state index contributed by atoms with van der Waals surface area (Å²) in [4.78, 5) is 8.70. The summed E-state index contributed by atoms with van der Waals surface area (Å²) in [5.41, 5.74) is 5.13. The van der Waals surface area contributed by atoms with E-state index in [0.717, 1.165) is 62.0 Å². The second kappa shape index (κ2) is 8.64. The van der Waals surface area contributed by atoms with Crippen LogP contribution in [0.15, 0.2) is 102 Å². The predicted molar refractivity (Wildman–Crippen MR) is 152 cm³/mol. The molecule has 180 valence electrons. The summed E-state index contributed by atoms with van der Waals surface area (Å²) in [6, 6.07) is 33.0. The highest BCUT2D eigenvalue weighted by Gasteiger charge is 2.32. The van der Waals surface area contributed by atoms with Gasteiger partial charge in [0.1, 0.15) is 11.4 Å². The fraction of sp³-hybridized carbons (Fsp3) is 0.0968. The number of hydrazone groups is 1. The van der Waals surface area contributed by atoms with Gasteiger partial charge in [-0.1, -0.05) is 66.2 Å². The molecule has 0 spiro atoms. The summed E-state index contributed by atoms with van der Waals surface area (Å²) in [6.07, 6.45) is 0.771. The molecular formula is C31H23ClN4O. The van der Waals surface area contributed by atoms with Gasteiger partial charge in [0.15, 0.2) is 5.82 Å². The van der Waals surface area contributed by atoms with Gasteiger partial charge in [0.25, 0.3) is 0 Å². The molecule has 1 aliphatic rings. The monoisotopic (exact) mass is 502 g/mol. The van der Waals surface area contributed by atoms with Crippen LogP contribution in [0.25, 0.3) is 32.7 Å². The standard InChI is InChI=1S/C31H23ClN4O/c1-37-22-14-11-19(12-15-22)27-18-28(20-7-3-2-4-8-20)36(35-27)31-24-10-6-5-9-23(24)29-25-17-21(32)13-16-26(25)33-30(29)34-31/h2-17,28H,18H2,1H3,(H,33,34). The molecule has 5 nitrogen and oxygen atoms in total. The Labute approximate surface area is 219 Å². The van der Waals surface area contributed by atoms with Crippen molar-refractivity contribution in [3.63, 3.8) is 0 Å². The molecule has 1 atom stereocenters. The van der Waals surface area contributed by atoms with E-state index in [-0.39, 0.29) is 6.04 Å². The van der Waals surface area contributed by atoms with E-state index < -0.39 is 0 Å². The van der Waals surface area contributed by atoms with E-state index in [2.05, 4.69) is 70.7 Å². The number of aromatic nitrogens is 2. The van der Waals surface area contributed by atoms with E-state index in [1.54, 1.807) is 7.11 Å². The Kier molecular flexibility index (Phi) is 5.11. The highest BCUT2D eigenvalue weighted by Crippen LogP contribution is 2.42. The molecule has 6 aromatic rings. The third-order valence-electron chi connectivity index (χ3n) is 7.13. The van der Waals surface area contributed by atoms with E-state index >= 15 is 0 Å². The van der Waals surface area contributed by atoms with Gasteiger partial charge in [-0.3, -0.25) is 0 Å². The summed E-state index contributed by atoms with van der Waals surface area (Å²) >= 11 is 6.37. The van der Waals surface area contributed by atoms with Gasteiger partial charge in [0.05, 0.1) is 18.9 Å². The Balaban J connectivity index is 1.46. The number of ether oxygens (including phenoxy) is 1. The molecule has 0 amide bonds. The van der Waals surface area contributed by atoms with Crippen molar-refractivity contribution in [2.24, 2.45) is 5.10 Å². The molecule has 0 saturated carbocycles. The Morgan fingerprint density at radius 3 is 2.41 bits per heavy atom. The topological polar surface area (TPSA) is 53.5 Å². The van der Waals surface area contributed by atoms with E-state index in [1.807, 2.05) is 36.4 Å². The second-order valence-corrected chi connectivity index (χ2v) is 9.71. The Morgan fingerprint density at radius 2 is 1.62 bits per heavy atom. The Morgan fingerprint density at radius 1 is 0.865 bits per heavy atom. The van der Waals surface area contributed by atoms with Crippen LogP contribution in [-0.4, -0.2) is 22.8 Å².